The minimum atomic E-state index is 0.600. The number of nitrogens with one attached hydrogen (secondary N) is 1. The highest BCUT2D eigenvalue weighted by Gasteiger charge is 2.21. The molecule has 2 heteroatoms. The van der Waals surface area contributed by atoms with Gasteiger partial charge in [-0.25, -0.2) is 0 Å². The van der Waals surface area contributed by atoms with E-state index in [1.807, 2.05) is 13.0 Å². The molecule has 1 aromatic carbocycles. The van der Waals surface area contributed by atoms with E-state index in [0.717, 1.165) is 26.2 Å². The van der Waals surface area contributed by atoms with Crippen LogP contribution in [0.1, 0.15) is 25.3 Å². The first-order chi connectivity index (χ1) is 10.8. The van der Waals surface area contributed by atoms with Crippen LogP contribution in [-0.4, -0.2) is 30.6 Å². The average Bonchev–Trinajstić information content (AvgIpc) is 2.59. The summed E-state index contributed by atoms with van der Waals surface area (Å²) >= 11 is 0. The molecule has 0 aromatic heterocycles. The lowest BCUT2D eigenvalue weighted by molar-refractivity contribution is 0.172. The lowest BCUT2D eigenvalue weighted by atomic mass is 10.0. The van der Waals surface area contributed by atoms with E-state index < -0.39 is 0 Å². The lowest BCUT2D eigenvalue weighted by Crippen LogP contribution is -2.46. The van der Waals surface area contributed by atoms with Gasteiger partial charge in [0, 0.05) is 25.7 Å². The van der Waals surface area contributed by atoms with E-state index in [1.165, 1.54) is 24.0 Å². The van der Waals surface area contributed by atoms with Crippen LogP contribution in [0.15, 0.2) is 66.8 Å². The summed E-state index contributed by atoms with van der Waals surface area (Å²) < 4.78 is 0. The summed E-state index contributed by atoms with van der Waals surface area (Å²) in [5.41, 5.74) is 2.65. The van der Waals surface area contributed by atoms with Crippen molar-refractivity contribution in [2.45, 2.75) is 32.4 Å². The predicted octanol–water partition coefficient (Wildman–Crippen LogP) is 3.93. The van der Waals surface area contributed by atoms with E-state index in [1.54, 1.807) is 0 Å². The number of hydrogen-bond donors (Lipinski definition) is 1. The molecular formula is C20H28N2. The summed E-state index contributed by atoms with van der Waals surface area (Å²) in [5, 5.41) is 3.53. The largest absolute Gasteiger partial charge is 0.315 e. The first kappa shape index (κ1) is 16.7. The number of piperidine rings is 1. The Hall–Kier alpha value is -1.64. The lowest BCUT2D eigenvalue weighted by Gasteiger charge is -2.35. The third kappa shape index (κ3) is 5.28. The van der Waals surface area contributed by atoms with E-state index in [4.69, 9.17) is 0 Å². The summed E-state index contributed by atoms with van der Waals surface area (Å²) in [6.45, 7) is 10.2. The maximum Gasteiger partial charge on any atom is 0.0240 e. The molecule has 0 radical (unpaired) electrons. The molecule has 22 heavy (non-hydrogen) atoms. The second kappa shape index (κ2) is 9.39. The van der Waals surface area contributed by atoms with Crippen LogP contribution in [-0.2, 0) is 6.54 Å². The molecule has 1 fully saturated rings. The normalized spacial score (nSPS) is 19.7. The topological polar surface area (TPSA) is 15.3 Å². The Labute approximate surface area is 135 Å². The second-order valence-corrected chi connectivity index (χ2v) is 5.86. The van der Waals surface area contributed by atoms with Gasteiger partial charge in [0.2, 0.25) is 0 Å². The van der Waals surface area contributed by atoms with Crippen molar-refractivity contribution in [3.05, 3.63) is 72.4 Å². The van der Waals surface area contributed by atoms with Crippen LogP contribution in [0.4, 0.5) is 0 Å². The van der Waals surface area contributed by atoms with Crippen molar-refractivity contribution in [1.82, 2.24) is 10.2 Å². The molecule has 1 heterocycles. The molecule has 1 aromatic rings. The fourth-order valence-electron chi connectivity index (χ4n) is 2.92. The third-order valence-electron chi connectivity index (χ3n) is 4.17. The summed E-state index contributed by atoms with van der Waals surface area (Å²) in [6.07, 6.45) is 10.8. The summed E-state index contributed by atoms with van der Waals surface area (Å²) in [5.74, 6) is 0. The molecule has 0 bridgehead atoms. The van der Waals surface area contributed by atoms with Crippen molar-refractivity contribution in [3.63, 3.8) is 0 Å². The highest BCUT2D eigenvalue weighted by Crippen LogP contribution is 2.16. The minimum Gasteiger partial charge on any atom is -0.315 e. The molecule has 0 spiro atoms. The van der Waals surface area contributed by atoms with Crippen molar-refractivity contribution in [2.24, 2.45) is 0 Å². The minimum absolute atomic E-state index is 0.600. The Morgan fingerprint density at radius 1 is 1.36 bits per heavy atom. The molecule has 2 nitrogen and oxygen atoms in total. The van der Waals surface area contributed by atoms with E-state index in [2.05, 4.69) is 65.4 Å². The quantitative estimate of drug-likeness (QED) is 0.767. The van der Waals surface area contributed by atoms with Crippen molar-refractivity contribution in [1.29, 1.82) is 0 Å². The van der Waals surface area contributed by atoms with Crippen LogP contribution < -0.4 is 5.32 Å². The first-order valence-electron chi connectivity index (χ1n) is 8.26. The van der Waals surface area contributed by atoms with Gasteiger partial charge in [-0.3, -0.25) is 4.90 Å². The maximum absolute atomic E-state index is 3.97. The Morgan fingerprint density at radius 3 is 2.82 bits per heavy atom. The van der Waals surface area contributed by atoms with Gasteiger partial charge in [0.1, 0.15) is 0 Å². The fraction of sp³-hybridized carbons (Fsp3) is 0.400. The van der Waals surface area contributed by atoms with E-state index in [-0.39, 0.29) is 0 Å². The molecule has 1 aliphatic heterocycles. The number of nitrogens with zero attached hydrogens (tertiary/aromatic N) is 1. The molecule has 1 N–H and O–H groups in total. The smallest absolute Gasteiger partial charge is 0.0240 e. The van der Waals surface area contributed by atoms with Gasteiger partial charge in [-0.15, -0.1) is 0 Å². The Kier molecular flexibility index (Phi) is 7.14. The zero-order valence-corrected chi connectivity index (χ0v) is 13.7. The van der Waals surface area contributed by atoms with E-state index >= 15 is 0 Å². The van der Waals surface area contributed by atoms with Gasteiger partial charge in [-0.05, 0) is 37.4 Å². The van der Waals surface area contributed by atoms with Crippen molar-refractivity contribution in [2.75, 3.05) is 19.6 Å². The van der Waals surface area contributed by atoms with Gasteiger partial charge >= 0.3 is 0 Å². The molecule has 2 rings (SSSR count). The molecule has 0 aliphatic carbocycles. The standard InChI is InChI=1S/C20H28N2/c1-3-5-10-18(4-2)16-22(20-13-9-14-21-15-20)17-19-11-7-6-8-12-19/h3-8,10-12,20-21H,2,9,13-17H2,1H3/b5-3-,18-10+/t20-/m0/s1. The van der Waals surface area contributed by atoms with Gasteiger partial charge in [0.05, 0.1) is 0 Å². The molecule has 0 amide bonds. The van der Waals surface area contributed by atoms with Gasteiger partial charge in [-0.1, -0.05) is 61.2 Å². The SMILES string of the molecule is C=C/C(=C\C=C/C)CN(Cc1ccccc1)[C@H]1CCCNC1. The first-order valence-corrected chi connectivity index (χ1v) is 8.26. The Balaban J connectivity index is 2.11. The third-order valence-corrected chi connectivity index (χ3v) is 4.17. The van der Waals surface area contributed by atoms with Crippen molar-refractivity contribution in [3.8, 4) is 0 Å². The molecule has 1 aliphatic rings. The van der Waals surface area contributed by atoms with E-state index in [9.17, 15) is 0 Å². The molecular weight excluding hydrogens is 268 g/mol. The van der Waals surface area contributed by atoms with Crippen molar-refractivity contribution >= 4 is 0 Å². The predicted molar refractivity (Wildman–Crippen MR) is 95.8 cm³/mol. The maximum atomic E-state index is 3.97. The Bertz CT molecular complexity index is 496. The van der Waals surface area contributed by atoms with Crippen LogP contribution >= 0.6 is 0 Å². The zero-order valence-electron chi connectivity index (χ0n) is 13.7. The molecule has 0 unspecified atom stereocenters. The van der Waals surface area contributed by atoms with Gasteiger partial charge < -0.3 is 5.32 Å². The average molecular weight is 296 g/mol. The molecule has 0 saturated carbocycles. The van der Waals surface area contributed by atoms with E-state index in [0.29, 0.717) is 6.04 Å². The molecule has 1 saturated heterocycles. The number of benzene rings is 1. The Morgan fingerprint density at radius 2 is 2.18 bits per heavy atom. The van der Waals surface area contributed by atoms with Gasteiger partial charge in [0.15, 0.2) is 0 Å². The second-order valence-electron chi connectivity index (χ2n) is 5.86. The van der Waals surface area contributed by atoms with Crippen LogP contribution in [0.3, 0.4) is 0 Å². The summed E-state index contributed by atoms with van der Waals surface area (Å²) in [4.78, 5) is 2.58. The van der Waals surface area contributed by atoms with Crippen LogP contribution in [0.25, 0.3) is 0 Å². The number of rotatable bonds is 7. The zero-order chi connectivity index (χ0) is 15.6. The van der Waals surface area contributed by atoms with Crippen molar-refractivity contribution < 1.29 is 0 Å². The van der Waals surface area contributed by atoms with Crippen LogP contribution in [0.5, 0.6) is 0 Å². The highest BCUT2D eigenvalue weighted by atomic mass is 15.2. The summed E-state index contributed by atoms with van der Waals surface area (Å²) in [6, 6.07) is 11.4. The van der Waals surface area contributed by atoms with Crippen LogP contribution in [0.2, 0.25) is 0 Å². The fourth-order valence-corrected chi connectivity index (χ4v) is 2.92. The van der Waals surface area contributed by atoms with Gasteiger partial charge in [0.25, 0.3) is 0 Å². The molecule has 118 valence electrons. The van der Waals surface area contributed by atoms with Gasteiger partial charge in [-0.2, -0.15) is 0 Å². The molecule has 1 atom stereocenters. The summed E-state index contributed by atoms with van der Waals surface area (Å²) in [7, 11) is 0. The highest BCUT2D eigenvalue weighted by molar-refractivity contribution is 5.24. The number of hydrogen-bond acceptors (Lipinski definition) is 2. The number of allylic oxidation sites excluding steroid dienone is 3. The monoisotopic (exact) mass is 296 g/mol. The van der Waals surface area contributed by atoms with Crippen LogP contribution in [0, 0.1) is 0 Å².